The molecule has 1 atom stereocenters. The van der Waals surface area contributed by atoms with Gasteiger partial charge in [0.25, 0.3) is 0 Å². The van der Waals surface area contributed by atoms with Gasteiger partial charge in [-0.25, -0.2) is 21.2 Å². The third-order valence-corrected chi connectivity index (χ3v) is 9.76. The zero-order valence-electron chi connectivity index (χ0n) is 20.7. The van der Waals surface area contributed by atoms with Crippen molar-refractivity contribution in [2.75, 3.05) is 13.1 Å². The lowest BCUT2D eigenvalue weighted by molar-refractivity contribution is -0.122. The Morgan fingerprint density at radius 1 is 0.789 bits per heavy atom. The largest absolute Gasteiger partial charge is 0.351 e. The Labute approximate surface area is 223 Å². The molecule has 1 amide bonds. The highest BCUT2D eigenvalue weighted by Gasteiger charge is 2.27. The van der Waals surface area contributed by atoms with Crippen LogP contribution in [0.25, 0.3) is 0 Å². The molecule has 11 heteroatoms. The van der Waals surface area contributed by atoms with E-state index < -0.39 is 37.8 Å². The first-order valence-corrected chi connectivity index (χ1v) is 15.3. The third-order valence-electron chi connectivity index (χ3n) is 6.36. The summed E-state index contributed by atoms with van der Waals surface area (Å²) >= 11 is 0. The fourth-order valence-electron chi connectivity index (χ4n) is 4.25. The second-order valence-electron chi connectivity index (χ2n) is 9.14. The summed E-state index contributed by atoms with van der Waals surface area (Å²) in [6.45, 7) is 1.10. The molecule has 1 heterocycles. The molecule has 0 radical (unpaired) electrons. The first-order chi connectivity index (χ1) is 18.1. The van der Waals surface area contributed by atoms with Crippen LogP contribution in [-0.4, -0.2) is 46.2 Å². The molecular formula is C27H30FN3O5S2. The minimum absolute atomic E-state index is 0.0758. The van der Waals surface area contributed by atoms with Crippen LogP contribution in [0.3, 0.4) is 0 Å². The molecule has 0 aliphatic carbocycles. The highest BCUT2D eigenvalue weighted by molar-refractivity contribution is 7.89. The zero-order chi connectivity index (χ0) is 27.2. The predicted octanol–water partition coefficient (Wildman–Crippen LogP) is 3.21. The summed E-state index contributed by atoms with van der Waals surface area (Å²) in [6, 6.07) is 18.5. The number of hydrogen-bond donors (Lipinski definition) is 2. The number of amides is 1. The molecule has 38 heavy (non-hydrogen) atoms. The molecule has 1 aliphatic rings. The van der Waals surface area contributed by atoms with Gasteiger partial charge in [-0.1, -0.05) is 48.9 Å². The maximum absolute atomic E-state index is 13.3. The normalized spacial score (nSPS) is 15.6. The van der Waals surface area contributed by atoms with Gasteiger partial charge in [0.05, 0.1) is 9.79 Å². The fraction of sp³-hybridized carbons (Fsp3) is 0.296. The van der Waals surface area contributed by atoms with Crippen molar-refractivity contribution in [1.82, 2.24) is 14.3 Å². The predicted molar refractivity (Wildman–Crippen MR) is 142 cm³/mol. The minimum atomic E-state index is -4.11. The fourth-order valence-corrected chi connectivity index (χ4v) is 6.97. The lowest BCUT2D eigenvalue weighted by Gasteiger charge is -2.25. The van der Waals surface area contributed by atoms with Gasteiger partial charge in [0, 0.05) is 19.6 Å². The van der Waals surface area contributed by atoms with Crippen molar-refractivity contribution in [3.8, 4) is 0 Å². The summed E-state index contributed by atoms with van der Waals surface area (Å²) in [5.74, 6) is -1.12. The topological polar surface area (TPSA) is 113 Å². The van der Waals surface area contributed by atoms with E-state index in [-0.39, 0.29) is 22.8 Å². The van der Waals surface area contributed by atoms with Crippen LogP contribution < -0.4 is 10.0 Å². The van der Waals surface area contributed by atoms with Crippen molar-refractivity contribution in [1.29, 1.82) is 0 Å². The van der Waals surface area contributed by atoms with Gasteiger partial charge in [-0.05, 0) is 66.8 Å². The monoisotopic (exact) mass is 559 g/mol. The number of nitrogens with one attached hydrogen (secondary N) is 2. The van der Waals surface area contributed by atoms with Crippen LogP contribution in [0, 0.1) is 5.82 Å². The second kappa shape index (κ2) is 12.2. The molecule has 1 aliphatic heterocycles. The summed E-state index contributed by atoms with van der Waals surface area (Å²) in [5, 5.41) is 2.74. The molecule has 1 fully saturated rings. The van der Waals surface area contributed by atoms with Gasteiger partial charge in [0.1, 0.15) is 11.9 Å². The lowest BCUT2D eigenvalue weighted by atomic mass is 10.1. The number of nitrogens with zero attached hydrogens (tertiary/aromatic N) is 1. The molecule has 8 nitrogen and oxygen atoms in total. The van der Waals surface area contributed by atoms with Crippen LogP contribution in [-0.2, 0) is 37.8 Å². The van der Waals surface area contributed by atoms with E-state index in [4.69, 9.17) is 0 Å². The highest BCUT2D eigenvalue weighted by atomic mass is 32.2. The Morgan fingerprint density at radius 2 is 1.39 bits per heavy atom. The molecule has 202 valence electrons. The average Bonchev–Trinajstić information content (AvgIpc) is 2.93. The van der Waals surface area contributed by atoms with E-state index in [1.165, 1.54) is 16.4 Å². The van der Waals surface area contributed by atoms with Gasteiger partial charge < -0.3 is 5.32 Å². The van der Waals surface area contributed by atoms with E-state index in [0.29, 0.717) is 18.7 Å². The van der Waals surface area contributed by atoms with Crippen LogP contribution in [0.4, 0.5) is 4.39 Å². The van der Waals surface area contributed by atoms with Crippen LogP contribution in [0.2, 0.25) is 0 Å². The lowest BCUT2D eigenvalue weighted by Crippen LogP contribution is -2.47. The second-order valence-corrected chi connectivity index (χ2v) is 12.8. The SMILES string of the molecule is O=C(NCc1ccc(S(=O)(=O)N2CCCCC2)cc1)[C@@H](Cc1ccccc1)NS(=O)(=O)c1ccc(F)cc1. The molecule has 0 unspecified atom stereocenters. The van der Waals surface area contributed by atoms with Crippen LogP contribution in [0.15, 0.2) is 88.7 Å². The Bertz CT molecular complexity index is 1440. The van der Waals surface area contributed by atoms with Gasteiger partial charge in [-0.15, -0.1) is 0 Å². The first-order valence-electron chi connectivity index (χ1n) is 12.3. The quantitative estimate of drug-likeness (QED) is 0.396. The molecule has 0 spiro atoms. The van der Waals surface area contributed by atoms with E-state index in [2.05, 4.69) is 10.0 Å². The smallest absolute Gasteiger partial charge is 0.243 e. The van der Waals surface area contributed by atoms with E-state index in [0.717, 1.165) is 49.1 Å². The summed E-state index contributed by atoms with van der Waals surface area (Å²) in [4.78, 5) is 13.2. The van der Waals surface area contributed by atoms with Crippen LogP contribution >= 0.6 is 0 Å². The van der Waals surface area contributed by atoms with Crippen molar-refractivity contribution in [3.05, 3.63) is 95.8 Å². The maximum atomic E-state index is 13.3. The molecule has 2 N–H and O–H groups in total. The van der Waals surface area contributed by atoms with E-state index in [1.807, 2.05) is 6.07 Å². The number of halogens is 1. The van der Waals surface area contributed by atoms with Gasteiger partial charge in [-0.3, -0.25) is 4.79 Å². The van der Waals surface area contributed by atoms with Gasteiger partial charge >= 0.3 is 0 Å². The number of sulfonamides is 2. The molecule has 1 saturated heterocycles. The van der Waals surface area contributed by atoms with E-state index in [9.17, 15) is 26.0 Å². The van der Waals surface area contributed by atoms with Crippen molar-refractivity contribution in [2.45, 2.75) is 48.1 Å². The summed E-state index contributed by atoms with van der Waals surface area (Å²) in [6.07, 6.45) is 2.81. The minimum Gasteiger partial charge on any atom is -0.351 e. The number of carbonyl (C=O) groups is 1. The molecule has 4 rings (SSSR count). The summed E-state index contributed by atoms with van der Waals surface area (Å²) in [5.41, 5.74) is 1.41. The Kier molecular flexibility index (Phi) is 8.93. The maximum Gasteiger partial charge on any atom is 0.243 e. The molecule has 0 aromatic heterocycles. The van der Waals surface area contributed by atoms with Gasteiger partial charge in [0.2, 0.25) is 26.0 Å². The van der Waals surface area contributed by atoms with Crippen LogP contribution in [0.1, 0.15) is 30.4 Å². The molecule has 0 bridgehead atoms. The van der Waals surface area contributed by atoms with Crippen molar-refractivity contribution < 1.29 is 26.0 Å². The van der Waals surface area contributed by atoms with Crippen LogP contribution in [0.5, 0.6) is 0 Å². The third kappa shape index (κ3) is 7.04. The number of hydrogen-bond acceptors (Lipinski definition) is 5. The zero-order valence-corrected chi connectivity index (χ0v) is 22.3. The Hall–Kier alpha value is -3.12. The summed E-state index contributed by atoms with van der Waals surface area (Å²) < 4.78 is 68.8. The number of rotatable bonds is 10. The summed E-state index contributed by atoms with van der Waals surface area (Å²) in [7, 11) is -7.67. The van der Waals surface area contributed by atoms with Crippen molar-refractivity contribution in [3.63, 3.8) is 0 Å². The molecule has 3 aromatic carbocycles. The first kappa shape index (κ1) is 27.9. The Balaban J connectivity index is 1.45. The molecule has 3 aromatic rings. The number of carbonyl (C=O) groups excluding carboxylic acids is 1. The van der Waals surface area contributed by atoms with Gasteiger partial charge in [-0.2, -0.15) is 9.03 Å². The molecular weight excluding hydrogens is 529 g/mol. The molecule has 0 saturated carbocycles. The Morgan fingerprint density at radius 3 is 2.03 bits per heavy atom. The van der Waals surface area contributed by atoms with E-state index in [1.54, 1.807) is 36.4 Å². The number of piperidine rings is 1. The average molecular weight is 560 g/mol. The van der Waals surface area contributed by atoms with Crippen molar-refractivity contribution >= 4 is 26.0 Å². The number of benzene rings is 3. The standard InChI is InChI=1S/C27H30FN3O5S2/c28-23-11-15-24(16-12-23)37(33,34)30-26(19-21-7-3-1-4-8-21)27(32)29-20-22-9-13-25(14-10-22)38(35,36)31-17-5-2-6-18-31/h1,3-4,7-16,26,30H,2,5-6,17-20H2,(H,29,32)/t26-/m1/s1. The van der Waals surface area contributed by atoms with Crippen molar-refractivity contribution in [2.24, 2.45) is 0 Å². The highest BCUT2D eigenvalue weighted by Crippen LogP contribution is 2.21. The van der Waals surface area contributed by atoms with Gasteiger partial charge in [0.15, 0.2) is 0 Å². The van der Waals surface area contributed by atoms with E-state index >= 15 is 0 Å².